The minimum absolute atomic E-state index is 0.757. The van der Waals surface area contributed by atoms with E-state index in [9.17, 15) is 0 Å². The Labute approximate surface area is 268 Å². The lowest BCUT2D eigenvalue weighted by molar-refractivity contribution is 0.667. The van der Waals surface area contributed by atoms with Crippen molar-refractivity contribution in [2.45, 2.75) is 0 Å². The number of pyridine rings is 2. The van der Waals surface area contributed by atoms with Crippen LogP contribution in [0.3, 0.4) is 0 Å². The predicted molar refractivity (Wildman–Crippen MR) is 192 cm³/mol. The molecule has 0 aliphatic heterocycles. The summed E-state index contributed by atoms with van der Waals surface area (Å²) in [6.07, 6.45) is 3.62. The van der Waals surface area contributed by atoms with Gasteiger partial charge < -0.3 is 13.7 Å². The molecule has 0 N–H and O–H groups in total. The van der Waals surface area contributed by atoms with E-state index in [0.717, 1.165) is 72.3 Å². The van der Waals surface area contributed by atoms with Gasteiger partial charge in [-0.2, -0.15) is 0 Å². The van der Waals surface area contributed by atoms with Gasteiger partial charge in [-0.05, 0) is 105 Å². The summed E-state index contributed by atoms with van der Waals surface area (Å²) in [5.41, 5.74) is 10.0. The maximum absolute atomic E-state index is 6.28. The van der Waals surface area contributed by atoms with Crippen molar-refractivity contribution in [2.24, 2.45) is 0 Å². The van der Waals surface area contributed by atoms with Crippen molar-refractivity contribution in [2.75, 3.05) is 4.90 Å². The number of nitrogens with zero attached hydrogens (tertiary/aromatic N) is 3. The van der Waals surface area contributed by atoms with Crippen LogP contribution in [0.1, 0.15) is 0 Å². The highest BCUT2D eigenvalue weighted by Gasteiger charge is 2.21. The zero-order valence-corrected chi connectivity index (χ0v) is 25.1. The average molecular weight is 604 g/mol. The van der Waals surface area contributed by atoms with E-state index in [1.165, 1.54) is 21.5 Å². The summed E-state index contributed by atoms with van der Waals surface area (Å²) in [5, 5.41) is 6.91. The van der Waals surface area contributed by atoms with Gasteiger partial charge in [0.15, 0.2) is 11.2 Å². The van der Waals surface area contributed by atoms with E-state index in [-0.39, 0.29) is 0 Å². The minimum atomic E-state index is 0.757. The van der Waals surface area contributed by atoms with Crippen LogP contribution in [0.25, 0.3) is 76.8 Å². The molecule has 47 heavy (non-hydrogen) atoms. The van der Waals surface area contributed by atoms with E-state index >= 15 is 0 Å². The van der Waals surface area contributed by atoms with Crippen LogP contribution in [0.15, 0.2) is 161 Å². The quantitative estimate of drug-likeness (QED) is 0.187. The second kappa shape index (κ2) is 10.0. The standard InChI is InChI=1S/C42H25N3O2/c1-2-10-32-26(7-1)15-16-29-23-28(17-19-33(29)32)27-8-3-9-30(24-27)45(31-18-20-36-34(25-31)41-38(46-36)13-5-21-43-41)35-11-4-12-37-40(35)42-39(47-37)14-6-22-44-42/h1-25H. The Kier molecular flexibility index (Phi) is 5.51. The molecule has 10 rings (SSSR count). The molecule has 10 aromatic rings. The fraction of sp³-hybridized carbons (Fsp3) is 0. The first-order chi connectivity index (χ1) is 23.3. The summed E-state index contributed by atoms with van der Waals surface area (Å²) in [4.78, 5) is 11.7. The Balaban J connectivity index is 1.20. The zero-order valence-electron chi connectivity index (χ0n) is 25.1. The van der Waals surface area contributed by atoms with E-state index in [0.29, 0.717) is 0 Å². The fourth-order valence-electron chi connectivity index (χ4n) is 6.98. The highest BCUT2D eigenvalue weighted by molar-refractivity contribution is 6.13. The van der Waals surface area contributed by atoms with Crippen molar-refractivity contribution in [1.82, 2.24) is 9.97 Å². The summed E-state index contributed by atoms with van der Waals surface area (Å²) in [5.74, 6) is 0. The number of furan rings is 2. The molecule has 0 saturated heterocycles. The van der Waals surface area contributed by atoms with Crippen LogP contribution in [0, 0.1) is 0 Å². The van der Waals surface area contributed by atoms with E-state index < -0.39 is 0 Å². The van der Waals surface area contributed by atoms with Crippen molar-refractivity contribution >= 4 is 82.7 Å². The third-order valence-electron chi connectivity index (χ3n) is 9.12. The van der Waals surface area contributed by atoms with Gasteiger partial charge in [0.2, 0.25) is 0 Å². The van der Waals surface area contributed by atoms with Crippen molar-refractivity contribution in [3.8, 4) is 11.1 Å². The summed E-state index contributed by atoms with van der Waals surface area (Å²) >= 11 is 0. The summed E-state index contributed by atoms with van der Waals surface area (Å²) in [7, 11) is 0. The Morgan fingerprint density at radius 3 is 2.09 bits per heavy atom. The number of anilines is 3. The lowest BCUT2D eigenvalue weighted by atomic mass is 9.97. The number of fused-ring (bicyclic) bond motifs is 9. The van der Waals surface area contributed by atoms with Gasteiger partial charge in [-0.1, -0.05) is 66.7 Å². The first-order valence-corrected chi connectivity index (χ1v) is 15.6. The molecule has 6 aromatic carbocycles. The van der Waals surface area contributed by atoms with Gasteiger partial charge in [-0.15, -0.1) is 0 Å². The lowest BCUT2D eigenvalue weighted by Gasteiger charge is -2.26. The number of hydrogen-bond acceptors (Lipinski definition) is 5. The third-order valence-corrected chi connectivity index (χ3v) is 9.12. The molecule has 220 valence electrons. The van der Waals surface area contributed by atoms with Gasteiger partial charge in [-0.25, -0.2) is 0 Å². The van der Waals surface area contributed by atoms with Crippen LogP contribution in [0.5, 0.6) is 0 Å². The molecular formula is C42H25N3O2. The van der Waals surface area contributed by atoms with Crippen LogP contribution >= 0.6 is 0 Å². The molecule has 0 spiro atoms. The maximum atomic E-state index is 6.28. The van der Waals surface area contributed by atoms with E-state index in [4.69, 9.17) is 13.8 Å². The van der Waals surface area contributed by atoms with Crippen LogP contribution in [-0.4, -0.2) is 9.97 Å². The monoisotopic (exact) mass is 603 g/mol. The molecule has 0 bridgehead atoms. The molecule has 0 atom stereocenters. The molecule has 4 aromatic heterocycles. The maximum Gasteiger partial charge on any atom is 0.153 e. The molecule has 0 radical (unpaired) electrons. The van der Waals surface area contributed by atoms with Crippen LogP contribution in [0.2, 0.25) is 0 Å². The molecule has 0 unspecified atom stereocenters. The van der Waals surface area contributed by atoms with Gasteiger partial charge in [0.25, 0.3) is 0 Å². The number of hydrogen-bond donors (Lipinski definition) is 0. The Morgan fingerprint density at radius 1 is 0.426 bits per heavy atom. The zero-order chi connectivity index (χ0) is 30.9. The minimum Gasteiger partial charge on any atom is -0.454 e. The summed E-state index contributed by atoms with van der Waals surface area (Å²) in [6, 6.07) is 48.6. The molecular weight excluding hydrogens is 578 g/mol. The molecule has 0 aliphatic rings. The van der Waals surface area contributed by atoms with Crippen molar-refractivity contribution in [1.29, 1.82) is 0 Å². The Bertz CT molecular complexity index is 2830. The van der Waals surface area contributed by atoms with Gasteiger partial charge in [0.05, 0.1) is 11.1 Å². The largest absolute Gasteiger partial charge is 0.454 e. The fourth-order valence-corrected chi connectivity index (χ4v) is 6.98. The van der Waals surface area contributed by atoms with E-state index in [2.05, 4.69) is 107 Å². The summed E-state index contributed by atoms with van der Waals surface area (Å²) < 4.78 is 12.4. The second-order valence-electron chi connectivity index (χ2n) is 11.8. The lowest BCUT2D eigenvalue weighted by Crippen LogP contribution is -2.10. The number of aromatic nitrogens is 2. The average Bonchev–Trinajstić information content (AvgIpc) is 3.70. The molecule has 0 aliphatic carbocycles. The summed E-state index contributed by atoms with van der Waals surface area (Å²) in [6.45, 7) is 0. The van der Waals surface area contributed by atoms with Crippen molar-refractivity contribution in [3.05, 3.63) is 152 Å². The van der Waals surface area contributed by atoms with E-state index in [1.807, 2.05) is 54.9 Å². The van der Waals surface area contributed by atoms with Crippen LogP contribution < -0.4 is 4.90 Å². The molecule has 0 saturated carbocycles. The highest BCUT2D eigenvalue weighted by Crippen LogP contribution is 2.44. The van der Waals surface area contributed by atoms with Gasteiger partial charge in [0, 0.05) is 29.2 Å². The predicted octanol–water partition coefficient (Wildman–Crippen LogP) is 11.7. The van der Waals surface area contributed by atoms with Gasteiger partial charge in [0.1, 0.15) is 22.2 Å². The molecule has 4 heterocycles. The molecule has 0 fully saturated rings. The Hall–Kier alpha value is -6.46. The van der Waals surface area contributed by atoms with Gasteiger partial charge >= 0.3 is 0 Å². The van der Waals surface area contributed by atoms with Crippen molar-refractivity contribution < 1.29 is 8.83 Å². The first-order valence-electron chi connectivity index (χ1n) is 15.6. The Morgan fingerprint density at radius 2 is 1.15 bits per heavy atom. The van der Waals surface area contributed by atoms with E-state index in [1.54, 1.807) is 0 Å². The van der Waals surface area contributed by atoms with Crippen LogP contribution in [0.4, 0.5) is 17.1 Å². The molecule has 5 nitrogen and oxygen atoms in total. The van der Waals surface area contributed by atoms with Gasteiger partial charge in [-0.3, -0.25) is 9.97 Å². The molecule has 5 heteroatoms. The number of rotatable bonds is 4. The second-order valence-corrected chi connectivity index (χ2v) is 11.8. The molecule has 0 amide bonds. The normalized spacial score (nSPS) is 11.8. The van der Waals surface area contributed by atoms with Crippen LogP contribution in [-0.2, 0) is 0 Å². The first kappa shape index (κ1) is 25.8. The third kappa shape index (κ3) is 4.03. The smallest absolute Gasteiger partial charge is 0.153 e. The SMILES string of the molecule is c1cc(-c2ccc3c(ccc4ccccc43)c2)cc(N(c2ccc3oc4cccnc4c3c2)c2cccc3oc4cccnc4c23)c1. The number of benzene rings is 6. The highest BCUT2D eigenvalue weighted by atomic mass is 16.3. The topological polar surface area (TPSA) is 55.3 Å². The van der Waals surface area contributed by atoms with Crippen molar-refractivity contribution in [3.63, 3.8) is 0 Å².